The zero-order valence-corrected chi connectivity index (χ0v) is 12.9. The van der Waals surface area contributed by atoms with E-state index in [9.17, 15) is 0 Å². The molecule has 106 valence electrons. The number of anilines is 1. The Labute approximate surface area is 132 Å². The first-order valence-electron chi connectivity index (χ1n) is 6.34. The molecule has 0 saturated carbocycles. The fraction of sp³-hybridized carbons (Fsp3) is 0.0625. The first-order chi connectivity index (χ1) is 10.2. The molecule has 0 aliphatic rings. The summed E-state index contributed by atoms with van der Waals surface area (Å²) < 4.78 is 5.18. The van der Waals surface area contributed by atoms with Gasteiger partial charge in [0.1, 0.15) is 5.69 Å². The van der Waals surface area contributed by atoms with Gasteiger partial charge in [-0.2, -0.15) is 0 Å². The van der Waals surface area contributed by atoms with Crippen molar-refractivity contribution in [3.63, 3.8) is 0 Å². The lowest BCUT2D eigenvalue weighted by molar-refractivity contribution is 0.439. The van der Waals surface area contributed by atoms with Crippen LogP contribution in [-0.4, -0.2) is 11.4 Å². The Morgan fingerprint density at radius 1 is 1.00 bits per heavy atom. The zero-order chi connectivity index (χ0) is 14.8. The molecular formula is C16H13ClN2OS. The molecule has 0 fully saturated rings. The minimum atomic E-state index is 0.307. The lowest BCUT2D eigenvalue weighted by atomic mass is 10.0. The fourth-order valence-corrected chi connectivity index (χ4v) is 2.68. The molecule has 21 heavy (non-hydrogen) atoms. The van der Waals surface area contributed by atoms with E-state index in [2.05, 4.69) is 17.3 Å². The van der Waals surface area contributed by atoms with Crippen LogP contribution < -0.4 is 5.73 Å². The fourth-order valence-electron chi connectivity index (χ4n) is 2.14. The van der Waals surface area contributed by atoms with E-state index in [1.807, 2.05) is 42.7 Å². The lowest BCUT2D eigenvalue weighted by Gasteiger charge is -2.04. The number of benzene rings is 2. The van der Waals surface area contributed by atoms with Gasteiger partial charge in [0.25, 0.3) is 0 Å². The summed E-state index contributed by atoms with van der Waals surface area (Å²) in [5, 5.41) is 4.78. The number of nitrogens with zero attached hydrogens (tertiary/aromatic N) is 1. The molecule has 0 spiro atoms. The van der Waals surface area contributed by atoms with Gasteiger partial charge in [0.05, 0.1) is 5.56 Å². The predicted molar refractivity (Wildman–Crippen MR) is 88.6 cm³/mol. The van der Waals surface area contributed by atoms with Crippen LogP contribution in [0.5, 0.6) is 0 Å². The number of nitrogen functional groups attached to an aromatic ring is 1. The number of halogens is 1. The summed E-state index contributed by atoms with van der Waals surface area (Å²) >= 11 is 7.63. The largest absolute Gasteiger partial charge is 0.367 e. The van der Waals surface area contributed by atoms with Crippen molar-refractivity contribution in [3.05, 3.63) is 53.6 Å². The van der Waals surface area contributed by atoms with Crippen LogP contribution in [0.1, 0.15) is 0 Å². The molecule has 1 heterocycles. The van der Waals surface area contributed by atoms with E-state index in [0.717, 1.165) is 22.4 Å². The molecule has 0 aliphatic carbocycles. The third-order valence-electron chi connectivity index (χ3n) is 3.21. The predicted octanol–water partition coefficient (Wildman–Crippen LogP) is 4.97. The molecule has 0 amide bonds. The molecule has 0 radical (unpaired) electrons. The normalized spacial score (nSPS) is 10.8. The maximum Gasteiger partial charge on any atom is 0.230 e. The summed E-state index contributed by atoms with van der Waals surface area (Å²) in [4.78, 5) is 1.20. The molecule has 0 saturated heterocycles. The summed E-state index contributed by atoms with van der Waals surface area (Å²) in [5.74, 6) is 0.307. The highest BCUT2D eigenvalue weighted by Crippen LogP contribution is 2.36. The Morgan fingerprint density at radius 3 is 2.24 bits per heavy atom. The first kappa shape index (κ1) is 14.0. The van der Waals surface area contributed by atoms with Crippen molar-refractivity contribution in [2.75, 3.05) is 12.0 Å². The second-order valence-electron chi connectivity index (χ2n) is 4.51. The van der Waals surface area contributed by atoms with Gasteiger partial charge in [-0.15, -0.1) is 11.8 Å². The molecule has 1 aromatic heterocycles. The SMILES string of the molecule is CSc1ccc(-c2noc(N)c2-c2ccc(Cl)cc2)cc1. The minimum absolute atomic E-state index is 0.307. The van der Waals surface area contributed by atoms with Gasteiger partial charge in [0.15, 0.2) is 0 Å². The molecule has 0 bridgehead atoms. The molecular weight excluding hydrogens is 304 g/mol. The number of rotatable bonds is 3. The van der Waals surface area contributed by atoms with Crippen molar-refractivity contribution >= 4 is 29.2 Å². The summed E-state index contributed by atoms with van der Waals surface area (Å²) in [5.41, 5.74) is 9.38. The molecule has 0 atom stereocenters. The smallest absolute Gasteiger partial charge is 0.230 e. The summed E-state index contributed by atoms with van der Waals surface area (Å²) in [6.45, 7) is 0. The van der Waals surface area contributed by atoms with E-state index in [1.165, 1.54) is 4.90 Å². The van der Waals surface area contributed by atoms with Crippen LogP contribution in [0.15, 0.2) is 57.9 Å². The summed E-state index contributed by atoms with van der Waals surface area (Å²) in [6.07, 6.45) is 2.04. The highest BCUT2D eigenvalue weighted by molar-refractivity contribution is 7.98. The van der Waals surface area contributed by atoms with Crippen molar-refractivity contribution < 1.29 is 4.52 Å². The number of aromatic nitrogens is 1. The molecule has 5 heteroatoms. The average Bonchev–Trinajstić information content (AvgIpc) is 2.90. The molecule has 2 aromatic carbocycles. The van der Waals surface area contributed by atoms with Gasteiger partial charge >= 0.3 is 0 Å². The van der Waals surface area contributed by atoms with E-state index >= 15 is 0 Å². The van der Waals surface area contributed by atoms with Crippen molar-refractivity contribution in [1.82, 2.24) is 5.16 Å². The number of hydrogen-bond acceptors (Lipinski definition) is 4. The van der Waals surface area contributed by atoms with Gasteiger partial charge in [-0.1, -0.05) is 41.0 Å². The topological polar surface area (TPSA) is 52.0 Å². The number of thioether (sulfide) groups is 1. The summed E-state index contributed by atoms with van der Waals surface area (Å²) in [6, 6.07) is 15.6. The second kappa shape index (κ2) is 5.84. The Balaban J connectivity index is 2.09. The van der Waals surface area contributed by atoms with E-state index in [1.54, 1.807) is 11.8 Å². The van der Waals surface area contributed by atoms with E-state index in [4.69, 9.17) is 21.9 Å². The average molecular weight is 317 g/mol. The van der Waals surface area contributed by atoms with Crippen LogP contribution in [-0.2, 0) is 0 Å². The Bertz CT molecular complexity index is 751. The monoisotopic (exact) mass is 316 g/mol. The molecule has 0 aliphatic heterocycles. The van der Waals surface area contributed by atoms with Crippen LogP contribution in [0, 0.1) is 0 Å². The maximum atomic E-state index is 5.94. The third-order valence-corrected chi connectivity index (χ3v) is 4.21. The maximum absolute atomic E-state index is 5.94. The van der Waals surface area contributed by atoms with Crippen LogP contribution in [0.2, 0.25) is 5.02 Å². The number of nitrogens with two attached hydrogens (primary N) is 1. The standard InChI is InChI=1S/C16H13ClN2OS/c1-21-13-8-4-11(5-9-13)15-14(16(18)20-19-15)10-2-6-12(17)7-3-10/h2-9H,18H2,1H3. The van der Waals surface area contributed by atoms with Gasteiger partial charge in [-0.3, -0.25) is 0 Å². The van der Waals surface area contributed by atoms with Crippen LogP contribution >= 0.6 is 23.4 Å². The molecule has 2 N–H and O–H groups in total. The molecule has 3 nitrogen and oxygen atoms in total. The van der Waals surface area contributed by atoms with Crippen molar-refractivity contribution in [1.29, 1.82) is 0 Å². The Morgan fingerprint density at radius 2 is 1.62 bits per heavy atom. The number of hydrogen-bond donors (Lipinski definition) is 1. The Kier molecular flexibility index (Phi) is 3.90. The first-order valence-corrected chi connectivity index (χ1v) is 7.95. The van der Waals surface area contributed by atoms with Gasteiger partial charge in [0, 0.05) is 15.5 Å². The van der Waals surface area contributed by atoms with Crippen molar-refractivity contribution in [2.45, 2.75) is 4.90 Å². The van der Waals surface area contributed by atoms with Gasteiger partial charge in [-0.05, 0) is 36.1 Å². The lowest BCUT2D eigenvalue weighted by Crippen LogP contribution is -1.87. The van der Waals surface area contributed by atoms with Gasteiger partial charge in [0.2, 0.25) is 5.88 Å². The minimum Gasteiger partial charge on any atom is -0.367 e. The second-order valence-corrected chi connectivity index (χ2v) is 5.82. The van der Waals surface area contributed by atoms with Crippen molar-refractivity contribution in [3.8, 4) is 22.4 Å². The van der Waals surface area contributed by atoms with E-state index in [0.29, 0.717) is 10.9 Å². The molecule has 3 rings (SSSR count). The Hall–Kier alpha value is -1.91. The van der Waals surface area contributed by atoms with Crippen LogP contribution in [0.3, 0.4) is 0 Å². The molecule has 0 unspecified atom stereocenters. The van der Waals surface area contributed by atoms with Gasteiger partial charge in [-0.25, -0.2) is 0 Å². The molecule has 3 aromatic rings. The summed E-state index contributed by atoms with van der Waals surface area (Å²) in [7, 11) is 0. The van der Waals surface area contributed by atoms with E-state index in [-0.39, 0.29) is 0 Å². The highest BCUT2D eigenvalue weighted by Gasteiger charge is 2.17. The van der Waals surface area contributed by atoms with Crippen LogP contribution in [0.25, 0.3) is 22.4 Å². The van der Waals surface area contributed by atoms with Crippen LogP contribution in [0.4, 0.5) is 5.88 Å². The highest BCUT2D eigenvalue weighted by atomic mass is 35.5. The quantitative estimate of drug-likeness (QED) is 0.693. The zero-order valence-electron chi connectivity index (χ0n) is 11.3. The third kappa shape index (κ3) is 2.77. The van der Waals surface area contributed by atoms with E-state index < -0.39 is 0 Å². The van der Waals surface area contributed by atoms with Gasteiger partial charge < -0.3 is 10.3 Å². The van der Waals surface area contributed by atoms with Crippen molar-refractivity contribution in [2.24, 2.45) is 0 Å².